The van der Waals surface area contributed by atoms with Gasteiger partial charge in [0, 0.05) is 49.9 Å². The van der Waals surface area contributed by atoms with Gasteiger partial charge in [0.1, 0.15) is 11.7 Å². The van der Waals surface area contributed by atoms with E-state index in [0.717, 1.165) is 28.2 Å². The van der Waals surface area contributed by atoms with Crippen LogP contribution in [0.1, 0.15) is 31.9 Å². The summed E-state index contributed by atoms with van der Waals surface area (Å²) in [6, 6.07) is 11.0. The number of ether oxygens (including phenoxy) is 2. The van der Waals surface area contributed by atoms with Crippen LogP contribution in [-0.4, -0.2) is 98.4 Å². The second-order valence-electron chi connectivity index (χ2n) is 12.1. The SMILES string of the molecule is CN1C(=O)Cc2cc(N3C[C@H](CNC(=O)OC(C)(C)C)OC3=O)ccc21.CN1C(=O)Cc2cc(NC[C@@H](O)CNC(=O)O)ccc21. The van der Waals surface area contributed by atoms with E-state index in [1.807, 2.05) is 30.3 Å². The summed E-state index contributed by atoms with van der Waals surface area (Å²) in [7, 11) is 3.47. The lowest BCUT2D eigenvalue weighted by Gasteiger charge is -2.20. The highest BCUT2D eigenvalue weighted by molar-refractivity contribution is 6.02. The number of nitrogens with zero attached hydrogens (tertiary/aromatic N) is 3. The molecule has 2 atom stereocenters. The zero-order chi connectivity index (χ0) is 33.8. The van der Waals surface area contributed by atoms with Gasteiger partial charge in [-0.3, -0.25) is 14.5 Å². The van der Waals surface area contributed by atoms with Gasteiger partial charge in [0.15, 0.2) is 0 Å². The summed E-state index contributed by atoms with van der Waals surface area (Å²) in [5, 5.41) is 25.7. The molecule has 3 aliphatic rings. The molecule has 1 fully saturated rings. The van der Waals surface area contributed by atoms with Gasteiger partial charge in [0.2, 0.25) is 11.8 Å². The van der Waals surface area contributed by atoms with E-state index in [1.54, 1.807) is 50.7 Å². The van der Waals surface area contributed by atoms with Crippen LogP contribution < -0.4 is 30.7 Å². The van der Waals surface area contributed by atoms with Crippen LogP contribution in [0.3, 0.4) is 0 Å². The van der Waals surface area contributed by atoms with E-state index in [-0.39, 0.29) is 31.4 Å². The minimum atomic E-state index is -1.16. The summed E-state index contributed by atoms with van der Waals surface area (Å²) >= 11 is 0. The Morgan fingerprint density at radius 2 is 1.57 bits per heavy atom. The number of carbonyl (C=O) groups excluding carboxylic acids is 4. The van der Waals surface area contributed by atoms with Crippen molar-refractivity contribution in [3.8, 4) is 0 Å². The van der Waals surface area contributed by atoms with Crippen molar-refractivity contribution < 1.29 is 43.7 Å². The highest BCUT2D eigenvalue weighted by Gasteiger charge is 2.34. The summed E-state index contributed by atoms with van der Waals surface area (Å²) in [4.78, 5) is 62.3. The first-order chi connectivity index (χ1) is 21.6. The summed E-state index contributed by atoms with van der Waals surface area (Å²) in [6.07, 6.45) is -2.76. The van der Waals surface area contributed by atoms with Crippen molar-refractivity contribution >= 4 is 52.8 Å². The van der Waals surface area contributed by atoms with Crippen molar-refractivity contribution in [2.24, 2.45) is 0 Å². The third kappa shape index (κ3) is 8.56. The molecule has 0 saturated carbocycles. The van der Waals surface area contributed by atoms with Crippen molar-refractivity contribution in [1.29, 1.82) is 0 Å². The van der Waals surface area contributed by atoms with Crippen molar-refractivity contribution in [3.63, 3.8) is 0 Å². The molecule has 2 aromatic carbocycles. The average Bonchev–Trinajstić information content (AvgIpc) is 3.59. The summed E-state index contributed by atoms with van der Waals surface area (Å²) in [5.74, 6) is 0.0865. The number of aliphatic hydroxyl groups is 1. The molecule has 5 rings (SSSR count). The monoisotopic (exact) mass is 640 g/mol. The number of likely N-dealkylation sites (N-methyl/N-ethyl adjacent to an activating group) is 2. The molecule has 1 saturated heterocycles. The number of nitrogens with one attached hydrogen (secondary N) is 3. The van der Waals surface area contributed by atoms with E-state index in [9.17, 15) is 29.1 Å². The van der Waals surface area contributed by atoms with Gasteiger partial charge >= 0.3 is 18.3 Å². The molecule has 3 aliphatic heterocycles. The first-order valence-electron chi connectivity index (χ1n) is 14.7. The van der Waals surface area contributed by atoms with Gasteiger partial charge in [-0.05, 0) is 68.3 Å². The Balaban J connectivity index is 0.000000216. The maximum Gasteiger partial charge on any atom is 0.414 e. The molecule has 0 aromatic heterocycles. The fourth-order valence-corrected chi connectivity index (χ4v) is 5.07. The van der Waals surface area contributed by atoms with Gasteiger partial charge in [-0.2, -0.15) is 0 Å². The van der Waals surface area contributed by atoms with Crippen molar-refractivity contribution in [3.05, 3.63) is 47.5 Å². The topological polar surface area (TPSA) is 190 Å². The number of hydrogen-bond donors (Lipinski definition) is 5. The number of carbonyl (C=O) groups is 5. The molecule has 15 heteroatoms. The Labute approximate surface area is 266 Å². The van der Waals surface area contributed by atoms with Crippen LogP contribution in [0.25, 0.3) is 0 Å². The van der Waals surface area contributed by atoms with Crippen molar-refractivity contribution in [2.75, 3.05) is 60.3 Å². The van der Waals surface area contributed by atoms with Gasteiger partial charge in [-0.25, -0.2) is 14.4 Å². The zero-order valence-corrected chi connectivity index (χ0v) is 26.5. The summed E-state index contributed by atoms with van der Waals surface area (Å²) < 4.78 is 10.5. The smallest absolute Gasteiger partial charge is 0.414 e. The number of benzene rings is 2. The number of amides is 5. The molecule has 5 N–H and O–H groups in total. The van der Waals surface area contributed by atoms with Crippen molar-refractivity contribution in [1.82, 2.24) is 10.6 Å². The molecular weight excluding hydrogens is 600 g/mol. The fourth-order valence-electron chi connectivity index (χ4n) is 5.07. The zero-order valence-electron chi connectivity index (χ0n) is 26.5. The molecule has 0 unspecified atom stereocenters. The fraction of sp³-hybridized carbons (Fsp3) is 0.452. The molecule has 46 heavy (non-hydrogen) atoms. The molecule has 2 aromatic rings. The Hall–Kier alpha value is -5.05. The van der Waals surface area contributed by atoms with Gasteiger partial charge in [-0.1, -0.05) is 0 Å². The van der Waals surface area contributed by atoms with Crippen LogP contribution in [0, 0.1) is 0 Å². The molecule has 0 aliphatic carbocycles. The first kappa shape index (κ1) is 33.8. The lowest BCUT2D eigenvalue weighted by molar-refractivity contribution is -0.117. The first-order valence-corrected chi connectivity index (χ1v) is 14.7. The number of rotatable bonds is 8. The van der Waals surface area contributed by atoms with Crippen LogP contribution in [0.4, 0.5) is 37.1 Å². The minimum absolute atomic E-state index is 0.0283. The largest absolute Gasteiger partial charge is 0.465 e. The van der Waals surface area contributed by atoms with Crippen LogP contribution in [-0.2, 0) is 31.9 Å². The molecule has 0 bridgehead atoms. The number of carboxylic acid groups (broad SMARTS) is 1. The maximum absolute atomic E-state index is 12.2. The Morgan fingerprint density at radius 1 is 0.957 bits per heavy atom. The Kier molecular flexibility index (Phi) is 10.2. The van der Waals surface area contributed by atoms with E-state index >= 15 is 0 Å². The molecule has 3 heterocycles. The summed E-state index contributed by atoms with van der Waals surface area (Å²) in [6.45, 7) is 6.01. The lowest BCUT2D eigenvalue weighted by Crippen LogP contribution is -2.38. The highest BCUT2D eigenvalue weighted by atomic mass is 16.6. The predicted octanol–water partition coefficient (Wildman–Crippen LogP) is 2.30. The minimum Gasteiger partial charge on any atom is -0.465 e. The van der Waals surface area contributed by atoms with Gasteiger partial charge < -0.3 is 45.4 Å². The van der Waals surface area contributed by atoms with Gasteiger partial charge in [0.25, 0.3) is 0 Å². The molecular formula is C31H40N6O9. The van der Waals surface area contributed by atoms with Crippen LogP contribution >= 0.6 is 0 Å². The molecule has 15 nitrogen and oxygen atoms in total. The van der Waals surface area contributed by atoms with E-state index in [1.165, 1.54) is 4.90 Å². The number of anilines is 4. The third-order valence-corrected chi connectivity index (χ3v) is 7.39. The number of hydrogen-bond acceptors (Lipinski definition) is 9. The number of aliphatic hydroxyl groups excluding tert-OH is 1. The molecule has 0 radical (unpaired) electrons. The molecule has 0 spiro atoms. The quantitative estimate of drug-likeness (QED) is 0.286. The van der Waals surface area contributed by atoms with Gasteiger partial charge in [-0.15, -0.1) is 0 Å². The standard InChI is InChI=1S/C18H23N3O5.C13H17N3O4/c1-18(2,3)26-16(23)19-9-13-10-21(17(24)25-13)12-5-6-14-11(7-12)8-15(22)20(14)4;1-16-11-3-2-9(4-8(11)5-12(16)18)14-6-10(17)7-15-13(19)20/h5-7,13H,8-10H2,1-4H3,(H,19,23);2-4,10,14-15,17H,5-7H2,1H3,(H,19,20)/t13-;10-/m01/s1. The molecule has 5 amide bonds. The predicted molar refractivity (Wildman–Crippen MR) is 169 cm³/mol. The van der Waals surface area contributed by atoms with E-state index < -0.39 is 36.1 Å². The van der Waals surface area contributed by atoms with Crippen molar-refractivity contribution in [2.45, 2.75) is 51.4 Å². The Bertz CT molecular complexity index is 1510. The number of cyclic esters (lactones) is 1. The second-order valence-corrected chi connectivity index (χ2v) is 12.1. The maximum atomic E-state index is 12.2. The van der Waals surface area contributed by atoms with Crippen LogP contribution in [0.5, 0.6) is 0 Å². The van der Waals surface area contributed by atoms with Gasteiger partial charge in [0.05, 0.1) is 32.0 Å². The number of alkyl carbamates (subject to hydrolysis) is 1. The summed E-state index contributed by atoms with van der Waals surface area (Å²) in [5.41, 5.74) is 4.47. The van der Waals surface area contributed by atoms with E-state index in [2.05, 4.69) is 16.0 Å². The second kappa shape index (κ2) is 13.9. The highest BCUT2D eigenvalue weighted by Crippen LogP contribution is 2.33. The third-order valence-electron chi connectivity index (χ3n) is 7.39. The Morgan fingerprint density at radius 3 is 2.17 bits per heavy atom. The van der Waals surface area contributed by atoms with E-state index in [0.29, 0.717) is 25.1 Å². The van der Waals surface area contributed by atoms with Crippen LogP contribution in [0.15, 0.2) is 36.4 Å². The normalized spacial score (nSPS) is 17.5. The number of fused-ring (bicyclic) bond motifs is 2. The lowest BCUT2D eigenvalue weighted by atomic mass is 10.1. The van der Waals surface area contributed by atoms with E-state index in [4.69, 9.17) is 14.6 Å². The average molecular weight is 641 g/mol. The van der Waals surface area contributed by atoms with Crippen LogP contribution in [0.2, 0.25) is 0 Å². The molecule has 248 valence electrons.